The molecule has 0 fully saturated rings. The lowest BCUT2D eigenvalue weighted by molar-refractivity contribution is 0.289. The first-order valence-electron chi connectivity index (χ1n) is 23.2. The molecule has 0 radical (unpaired) electrons. The minimum Gasteiger partial charge on any atom is -0.493 e. The van der Waals surface area contributed by atoms with E-state index >= 15 is 0 Å². The summed E-state index contributed by atoms with van der Waals surface area (Å²) in [6.45, 7) is 8.53. The Morgan fingerprint density at radius 2 is 0.520 bits per heavy atom. The van der Waals surface area contributed by atoms with E-state index in [1.165, 1.54) is 224 Å². The standard InChI is InChI=1S/C48H90O2/c1-4-7-10-12-14-16-18-20-22-24-26-28-30-32-34-36-38-41-49-47-43-46(40-9-6-3)44-48(45-47)50-42-39-37-35-33-31-29-27-25-23-21-19-17-15-13-11-8-5-2/h43-45H,4-42H2,1-3H3. The second-order valence-electron chi connectivity index (χ2n) is 15.9. The van der Waals surface area contributed by atoms with Gasteiger partial charge in [0.05, 0.1) is 13.2 Å². The van der Waals surface area contributed by atoms with E-state index in [9.17, 15) is 0 Å². The van der Waals surface area contributed by atoms with Crippen molar-refractivity contribution in [2.24, 2.45) is 0 Å². The van der Waals surface area contributed by atoms with E-state index in [-0.39, 0.29) is 0 Å². The minimum absolute atomic E-state index is 0.828. The lowest BCUT2D eigenvalue weighted by atomic mass is 10.0. The molecule has 0 saturated carbocycles. The molecule has 0 aliphatic rings. The van der Waals surface area contributed by atoms with Gasteiger partial charge in [-0.1, -0.05) is 233 Å². The lowest BCUT2D eigenvalue weighted by Crippen LogP contribution is -2.01. The highest BCUT2D eigenvalue weighted by atomic mass is 16.5. The van der Waals surface area contributed by atoms with Crippen molar-refractivity contribution in [1.82, 2.24) is 0 Å². The van der Waals surface area contributed by atoms with E-state index < -0.39 is 0 Å². The van der Waals surface area contributed by atoms with Crippen molar-refractivity contribution in [3.8, 4) is 11.5 Å². The summed E-state index contributed by atoms with van der Waals surface area (Å²) in [7, 11) is 0. The van der Waals surface area contributed by atoms with Crippen molar-refractivity contribution in [3.05, 3.63) is 23.8 Å². The SMILES string of the molecule is CCCCCCCCCCCCCCCCCCCOc1cc(CCCC)cc(OCCCCCCCCCCCCCCCCCCC)c1. The maximum Gasteiger partial charge on any atom is 0.123 e. The Bertz CT molecular complexity index is 730. The highest BCUT2D eigenvalue weighted by molar-refractivity contribution is 5.38. The third-order valence-electron chi connectivity index (χ3n) is 10.8. The fraction of sp³-hybridized carbons (Fsp3) is 0.875. The molecular weight excluding hydrogens is 609 g/mol. The molecule has 0 heterocycles. The molecule has 0 N–H and O–H groups in total. The van der Waals surface area contributed by atoms with Crippen LogP contribution in [0.4, 0.5) is 0 Å². The highest BCUT2D eigenvalue weighted by Crippen LogP contribution is 2.25. The monoisotopic (exact) mass is 699 g/mol. The molecular formula is C48H90O2. The summed E-state index contributed by atoms with van der Waals surface area (Å²) in [5.41, 5.74) is 1.36. The van der Waals surface area contributed by atoms with Crippen molar-refractivity contribution >= 4 is 0 Å². The molecule has 0 atom stereocenters. The molecule has 2 nitrogen and oxygen atoms in total. The van der Waals surface area contributed by atoms with Gasteiger partial charge in [0.15, 0.2) is 0 Å². The highest BCUT2D eigenvalue weighted by Gasteiger charge is 2.05. The molecule has 0 amide bonds. The molecule has 0 aromatic heterocycles. The number of benzene rings is 1. The summed E-state index contributed by atoms with van der Waals surface area (Å²) in [5, 5.41) is 0. The van der Waals surface area contributed by atoms with Crippen LogP contribution >= 0.6 is 0 Å². The molecule has 0 spiro atoms. The molecule has 0 unspecified atom stereocenters. The van der Waals surface area contributed by atoms with Gasteiger partial charge in [-0.2, -0.15) is 0 Å². The maximum atomic E-state index is 6.25. The fourth-order valence-corrected chi connectivity index (χ4v) is 7.36. The number of hydrogen-bond donors (Lipinski definition) is 0. The van der Waals surface area contributed by atoms with Crippen molar-refractivity contribution in [2.75, 3.05) is 13.2 Å². The van der Waals surface area contributed by atoms with Crippen molar-refractivity contribution in [2.45, 2.75) is 258 Å². The Hall–Kier alpha value is -1.18. The summed E-state index contributed by atoms with van der Waals surface area (Å²) in [5.74, 6) is 2.01. The quantitative estimate of drug-likeness (QED) is 0.0634. The average Bonchev–Trinajstić information content (AvgIpc) is 3.13. The van der Waals surface area contributed by atoms with Crippen LogP contribution in [0.3, 0.4) is 0 Å². The summed E-state index contributed by atoms with van der Waals surface area (Å²) < 4.78 is 12.5. The summed E-state index contributed by atoms with van der Waals surface area (Å²) in [4.78, 5) is 0. The van der Waals surface area contributed by atoms with Gasteiger partial charge >= 0.3 is 0 Å². The molecule has 0 aliphatic carbocycles. The molecule has 0 bridgehead atoms. The summed E-state index contributed by atoms with van der Waals surface area (Å²) in [6.07, 6.45) is 51.4. The first-order valence-corrected chi connectivity index (χ1v) is 23.2. The van der Waals surface area contributed by atoms with Crippen LogP contribution in [0.1, 0.15) is 257 Å². The van der Waals surface area contributed by atoms with E-state index in [0.29, 0.717) is 0 Å². The number of ether oxygens (including phenoxy) is 2. The van der Waals surface area contributed by atoms with E-state index in [4.69, 9.17) is 9.47 Å². The largest absolute Gasteiger partial charge is 0.493 e. The van der Waals surface area contributed by atoms with E-state index in [1.54, 1.807) is 0 Å². The second-order valence-corrected chi connectivity index (χ2v) is 15.9. The Kier molecular flexibility index (Phi) is 36.6. The zero-order chi connectivity index (χ0) is 35.8. The van der Waals surface area contributed by atoms with E-state index in [1.807, 2.05) is 0 Å². The Labute approximate surface area is 315 Å². The van der Waals surface area contributed by atoms with E-state index in [2.05, 4.69) is 39.0 Å². The number of rotatable bonds is 41. The number of aryl methyl sites for hydroxylation is 1. The number of hydrogen-bond acceptors (Lipinski definition) is 2. The second kappa shape index (κ2) is 39.0. The third-order valence-corrected chi connectivity index (χ3v) is 10.8. The van der Waals surface area contributed by atoms with Gasteiger partial charge in [0.1, 0.15) is 11.5 Å². The Morgan fingerprint density at radius 3 is 0.780 bits per heavy atom. The zero-order valence-electron chi connectivity index (χ0n) is 34.6. The summed E-state index contributed by atoms with van der Waals surface area (Å²) >= 11 is 0. The van der Waals surface area contributed by atoms with Gasteiger partial charge in [-0.3, -0.25) is 0 Å². The first kappa shape index (κ1) is 46.8. The summed E-state index contributed by atoms with van der Waals surface area (Å²) in [6, 6.07) is 6.65. The van der Waals surface area contributed by atoms with Gasteiger partial charge in [-0.15, -0.1) is 0 Å². The molecule has 1 aromatic rings. The minimum atomic E-state index is 0.828. The molecule has 1 aromatic carbocycles. The topological polar surface area (TPSA) is 18.5 Å². The van der Waals surface area contributed by atoms with Crippen LogP contribution in [0.5, 0.6) is 11.5 Å². The predicted octanol–water partition coefficient (Wildman–Crippen LogP) is 17.1. The van der Waals surface area contributed by atoms with Crippen molar-refractivity contribution in [3.63, 3.8) is 0 Å². The predicted molar refractivity (Wildman–Crippen MR) is 224 cm³/mol. The lowest BCUT2D eigenvalue weighted by Gasteiger charge is -2.13. The molecule has 294 valence electrons. The first-order chi connectivity index (χ1) is 24.8. The van der Waals surface area contributed by atoms with Crippen LogP contribution in [0, 0.1) is 0 Å². The maximum absolute atomic E-state index is 6.25. The van der Waals surface area contributed by atoms with Crippen LogP contribution in [-0.2, 0) is 6.42 Å². The van der Waals surface area contributed by atoms with Gasteiger partial charge in [-0.05, 0) is 43.4 Å². The normalized spacial score (nSPS) is 11.4. The molecule has 0 aliphatic heterocycles. The van der Waals surface area contributed by atoms with Gasteiger partial charge < -0.3 is 9.47 Å². The van der Waals surface area contributed by atoms with Crippen molar-refractivity contribution in [1.29, 1.82) is 0 Å². The van der Waals surface area contributed by atoms with Crippen LogP contribution in [0.25, 0.3) is 0 Å². The fourth-order valence-electron chi connectivity index (χ4n) is 7.36. The zero-order valence-corrected chi connectivity index (χ0v) is 34.6. The van der Waals surface area contributed by atoms with Crippen molar-refractivity contribution < 1.29 is 9.47 Å². The molecule has 0 saturated heterocycles. The molecule has 50 heavy (non-hydrogen) atoms. The average molecular weight is 699 g/mol. The Morgan fingerprint density at radius 1 is 0.280 bits per heavy atom. The van der Waals surface area contributed by atoms with Crippen LogP contribution in [0.15, 0.2) is 18.2 Å². The molecule has 2 heteroatoms. The van der Waals surface area contributed by atoms with Gasteiger partial charge in [0.2, 0.25) is 0 Å². The van der Waals surface area contributed by atoms with Gasteiger partial charge in [0, 0.05) is 6.07 Å². The Balaban J connectivity index is 2.02. The third kappa shape index (κ3) is 32.7. The van der Waals surface area contributed by atoms with E-state index in [0.717, 1.165) is 44.0 Å². The number of unbranched alkanes of at least 4 members (excludes halogenated alkanes) is 33. The smallest absolute Gasteiger partial charge is 0.123 e. The van der Waals surface area contributed by atoms with Gasteiger partial charge in [0.25, 0.3) is 0 Å². The molecule has 1 rings (SSSR count). The van der Waals surface area contributed by atoms with Crippen LogP contribution < -0.4 is 9.47 Å². The van der Waals surface area contributed by atoms with Crippen LogP contribution in [0.2, 0.25) is 0 Å². The van der Waals surface area contributed by atoms with Crippen LogP contribution in [-0.4, -0.2) is 13.2 Å². The van der Waals surface area contributed by atoms with Gasteiger partial charge in [-0.25, -0.2) is 0 Å².